The maximum absolute atomic E-state index is 5.73. The van der Waals surface area contributed by atoms with E-state index in [9.17, 15) is 0 Å². The van der Waals surface area contributed by atoms with Gasteiger partial charge in [-0.2, -0.15) is 0 Å². The molecule has 0 aromatic heterocycles. The molecule has 1 aromatic rings. The molecule has 6 nitrogen and oxygen atoms in total. The Morgan fingerprint density at radius 2 is 2.00 bits per heavy atom. The van der Waals surface area contributed by atoms with E-state index in [1.54, 1.807) is 7.11 Å². The van der Waals surface area contributed by atoms with Gasteiger partial charge in [0, 0.05) is 51.6 Å². The average molecular weight is 351 g/mol. The maximum atomic E-state index is 5.73. The summed E-state index contributed by atoms with van der Waals surface area (Å²) in [6.45, 7) is 9.73. The van der Waals surface area contributed by atoms with Gasteiger partial charge in [-0.1, -0.05) is 6.07 Å². The lowest BCUT2D eigenvalue weighted by molar-refractivity contribution is 0.0783. The van der Waals surface area contributed by atoms with Gasteiger partial charge < -0.3 is 24.8 Å². The number of aliphatic imine (C=N–C) groups is 1. The Hall–Kier alpha value is -1.79. The molecule has 1 aromatic carbocycles. The van der Waals surface area contributed by atoms with E-state index in [0.29, 0.717) is 13.2 Å². The standard InChI is InChI=1S/C19H33N3O3/c1-5-20-19(21-11-7-13-24-16(2)3)22-17-9-6-10-18(15-17)25-14-8-12-23-4/h6,9-10,15-16H,5,7-8,11-14H2,1-4H3,(H2,20,21,22). The topological polar surface area (TPSA) is 64.1 Å². The minimum atomic E-state index is 0.266. The summed E-state index contributed by atoms with van der Waals surface area (Å²) in [6, 6.07) is 7.89. The normalized spacial score (nSPS) is 11.6. The van der Waals surface area contributed by atoms with Crippen LogP contribution in [-0.2, 0) is 9.47 Å². The molecule has 1 rings (SSSR count). The summed E-state index contributed by atoms with van der Waals surface area (Å²) in [7, 11) is 1.70. The highest BCUT2D eigenvalue weighted by Gasteiger charge is 2.01. The molecule has 0 radical (unpaired) electrons. The van der Waals surface area contributed by atoms with Crippen LogP contribution in [0.5, 0.6) is 5.75 Å². The van der Waals surface area contributed by atoms with Crippen molar-refractivity contribution < 1.29 is 14.2 Å². The molecule has 2 N–H and O–H groups in total. The van der Waals surface area contributed by atoms with E-state index in [0.717, 1.165) is 49.9 Å². The fourth-order valence-electron chi connectivity index (χ4n) is 2.08. The molecule has 0 saturated carbocycles. The molecular formula is C19H33N3O3. The molecule has 0 atom stereocenters. The Morgan fingerprint density at radius 1 is 1.16 bits per heavy atom. The Bertz CT molecular complexity index is 493. The zero-order valence-corrected chi connectivity index (χ0v) is 16.0. The van der Waals surface area contributed by atoms with Crippen LogP contribution in [0.15, 0.2) is 29.3 Å². The van der Waals surface area contributed by atoms with Crippen molar-refractivity contribution in [2.24, 2.45) is 4.99 Å². The van der Waals surface area contributed by atoms with Crippen molar-refractivity contribution in [3.63, 3.8) is 0 Å². The van der Waals surface area contributed by atoms with Gasteiger partial charge in [-0.25, -0.2) is 0 Å². The van der Waals surface area contributed by atoms with E-state index in [4.69, 9.17) is 14.2 Å². The molecule has 0 spiro atoms. The summed E-state index contributed by atoms with van der Waals surface area (Å²) in [5.74, 6) is 1.60. The number of nitrogens with zero attached hydrogens (tertiary/aromatic N) is 1. The predicted octanol–water partition coefficient (Wildman–Crippen LogP) is 3.29. The van der Waals surface area contributed by atoms with Gasteiger partial charge in [0.25, 0.3) is 0 Å². The van der Waals surface area contributed by atoms with Crippen LogP contribution in [-0.4, -0.2) is 52.1 Å². The predicted molar refractivity (Wildman–Crippen MR) is 104 cm³/mol. The van der Waals surface area contributed by atoms with Crippen molar-refractivity contribution in [3.8, 4) is 5.75 Å². The quantitative estimate of drug-likeness (QED) is 0.344. The van der Waals surface area contributed by atoms with Crippen molar-refractivity contribution in [1.82, 2.24) is 5.32 Å². The van der Waals surface area contributed by atoms with Crippen molar-refractivity contribution in [3.05, 3.63) is 24.3 Å². The van der Waals surface area contributed by atoms with E-state index in [-0.39, 0.29) is 6.10 Å². The Kier molecular flexibility index (Phi) is 11.5. The second-order valence-corrected chi connectivity index (χ2v) is 5.88. The van der Waals surface area contributed by atoms with Crippen molar-refractivity contribution in [2.45, 2.75) is 39.7 Å². The van der Waals surface area contributed by atoms with Crippen LogP contribution in [0.1, 0.15) is 33.6 Å². The molecule has 0 aliphatic carbocycles. The Balaban J connectivity index is 2.50. The van der Waals surface area contributed by atoms with Crippen molar-refractivity contribution in [1.29, 1.82) is 0 Å². The second-order valence-electron chi connectivity index (χ2n) is 5.88. The van der Waals surface area contributed by atoms with Gasteiger partial charge in [-0.3, -0.25) is 4.99 Å². The fourth-order valence-corrected chi connectivity index (χ4v) is 2.08. The molecule has 6 heteroatoms. The highest BCUT2D eigenvalue weighted by atomic mass is 16.5. The number of rotatable bonds is 12. The summed E-state index contributed by atoms with van der Waals surface area (Å²) in [4.78, 5) is 4.58. The fraction of sp³-hybridized carbons (Fsp3) is 0.632. The van der Waals surface area contributed by atoms with Crippen LogP contribution in [0.3, 0.4) is 0 Å². The maximum Gasteiger partial charge on any atom is 0.195 e. The van der Waals surface area contributed by atoms with Gasteiger partial charge in [0.2, 0.25) is 0 Å². The Labute approximate surface area is 152 Å². The first kappa shape index (κ1) is 21.3. The monoisotopic (exact) mass is 351 g/mol. The van der Waals surface area contributed by atoms with Crippen LogP contribution in [0.4, 0.5) is 5.69 Å². The lowest BCUT2D eigenvalue weighted by Crippen LogP contribution is -2.30. The number of methoxy groups -OCH3 is 1. The van der Waals surface area contributed by atoms with Crippen molar-refractivity contribution in [2.75, 3.05) is 45.3 Å². The van der Waals surface area contributed by atoms with Crippen LogP contribution in [0.2, 0.25) is 0 Å². The molecule has 0 aliphatic rings. The first-order valence-corrected chi connectivity index (χ1v) is 9.04. The van der Waals surface area contributed by atoms with Crippen LogP contribution >= 0.6 is 0 Å². The van der Waals surface area contributed by atoms with Gasteiger partial charge in [0.15, 0.2) is 5.96 Å². The summed E-state index contributed by atoms with van der Waals surface area (Å²) in [5.41, 5.74) is 0.947. The number of hydrogen-bond donors (Lipinski definition) is 2. The first-order valence-electron chi connectivity index (χ1n) is 9.04. The number of hydrogen-bond acceptors (Lipinski definition) is 4. The zero-order chi connectivity index (χ0) is 18.3. The summed E-state index contributed by atoms with van der Waals surface area (Å²) >= 11 is 0. The number of guanidine groups is 1. The van der Waals surface area contributed by atoms with Crippen LogP contribution in [0, 0.1) is 0 Å². The minimum absolute atomic E-state index is 0.266. The number of benzene rings is 1. The van der Waals surface area contributed by atoms with Crippen LogP contribution in [0.25, 0.3) is 0 Å². The Morgan fingerprint density at radius 3 is 2.72 bits per heavy atom. The number of anilines is 1. The number of nitrogens with one attached hydrogen (secondary N) is 2. The number of ether oxygens (including phenoxy) is 3. The highest BCUT2D eigenvalue weighted by Crippen LogP contribution is 2.17. The molecule has 0 aliphatic heterocycles. The highest BCUT2D eigenvalue weighted by molar-refractivity contribution is 5.93. The largest absolute Gasteiger partial charge is 0.493 e. The molecule has 0 unspecified atom stereocenters. The average Bonchev–Trinajstić information content (AvgIpc) is 2.59. The third-order valence-electron chi connectivity index (χ3n) is 3.23. The summed E-state index contributed by atoms with van der Waals surface area (Å²) in [6.07, 6.45) is 2.04. The molecule has 0 bridgehead atoms. The van der Waals surface area contributed by atoms with E-state index in [1.807, 2.05) is 38.1 Å². The molecule has 0 fully saturated rings. The van der Waals surface area contributed by atoms with Crippen molar-refractivity contribution >= 4 is 11.6 Å². The third-order valence-corrected chi connectivity index (χ3v) is 3.23. The molecule has 0 amide bonds. The second kappa shape index (κ2) is 13.5. The molecule has 0 heterocycles. The third kappa shape index (κ3) is 10.6. The van der Waals surface area contributed by atoms with Crippen LogP contribution < -0.4 is 15.4 Å². The zero-order valence-electron chi connectivity index (χ0n) is 16.0. The van der Waals surface area contributed by atoms with E-state index < -0.39 is 0 Å². The van der Waals surface area contributed by atoms with Gasteiger partial charge in [0.05, 0.1) is 12.7 Å². The SMILES string of the molecule is CCNC(=NCCCOC(C)C)Nc1cccc(OCCCOC)c1. The van der Waals surface area contributed by atoms with Gasteiger partial charge >= 0.3 is 0 Å². The van der Waals surface area contributed by atoms with E-state index in [1.165, 1.54) is 0 Å². The summed E-state index contributed by atoms with van der Waals surface area (Å²) in [5, 5.41) is 6.57. The summed E-state index contributed by atoms with van der Waals surface area (Å²) < 4.78 is 16.3. The molecule has 0 saturated heterocycles. The smallest absolute Gasteiger partial charge is 0.195 e. The van der Waals surface area contributed by atoms with E-state index >= 15 is 0 Å². The van der Waals surface area contributed by atoms with Gasteiger partial charge in [0.1, 0.15) is 5.75 Å². The minimum Gasteiger partial charge on any atom is -0.493 e. The van der Waals surface area contributed by atoms with E-state index in [2.05, 4.69) is 22.5 Å². The van der Waals surface area contributed by atoms with Gasteiger partial charge in [-0.15, -0.1) is 0 Å². The lowest BCUT2D eigenvalue weighted by atomic mass is 10.3. The molecule has 25 heavy (non-hydrogen) atoms. The first-order chi connectivity index (χ1) is 12.2. The molecule has 142 valence electrons. The lowest BCUT2D eigenvalue weighted by Gasteiger charge is -2.13. The molecular weight excluding hydrogens is 318 g/mol. The van der Waals surface area contributed by atoms with Gasteiger partial charge in [-0.05, 0) is 39.3 Å².